The highest BCUT2D eigenvalue weighted by atomic mass is 16.2. The number of hydrogen-bond acceptors (Lipinski definition) is 4. The molecule has 3 aromatic rings. The van der Waals surface area contributed by atoms with E-state index in [4.69, 9.17) is 5.73 Å². The number of aromatic nitrogens is 2. The number of carbonyl (C=O) groups excluding carboxylic acids is 1. The van der Waals surface area contributed by atoms with Crippen LogP contribution in [0.5, 0.6) is 0 Å². The van der Waals surface area contributed by atoms with Crippen LogP contribution in [0.15, 0.2) is 64.2 Å². The van der Waals surface area contributed by atoms with Crippen molar-refractivity contribution in [2.45, 2.75) is 44.6 Å². The van der Waals surface area contributed by atoms with E-state index in [1.54, 1.807) is 12.1 Å². The Labute approximate surface area is 186 Å². The number of carbonyl (C=O) groups is 1. The Bertz CT molecular complexity index is 1210. The molecule has 3 N–H and O–H groups in total. The molecule has 0 unspecified atom stereocenters. The number of aromatic amines is 1. The molecular formula is C25H28N4O3. The van der Waals surface area contributed by atoms with Gasteiger partial charge in [-0.3, -0.25) is 19.1 Å². The summed E-state index contributed by atoms with van der Waals surface area (Å²) in [5.41, 5.74) is 7.44. The molecule has 0 bridgehead atoms. The minimum atomic E-state index is -0.688. The maximum atomic E-state index is 13.1. The van der Waals surface area contributed by atoms with Crippen LogP contribution in [0.25, 0.3) is 0 Å². The van der Waals surface area contributed by atoms with Crippen molar-refractivity contribution in [1.29, 1.82) is 0 Å². The van der Waals surface area contributed by atoms with Gasteiger partial charge in [0.05, 0.1) is 6.54 Å². The Balaban J connectivity index is 1.61. The van der Waals surface area contributed by atoms with E-state index in [0.717, 1.165) is 5.56 Å². The Morgan fingerprint density at radius 1 is 1.03 bits per heavy atom. The topological polar surface area (TPSA) is 101 Å². The molecule has 4 rings (SSSR count). The summed E-state index contributed by atoms with van der Waals surface area (Å²) in [4.78, 5) is 41.6. The number of hydrogen-bond donors (Lipinski definition) is 2. The minimum Gasteiger partial charge on any atom is -0.383 e. The number of nitrogens with one attached hydrogen (secondary N) is 1. The van der Waals surface area contributed by atoms with Gasteiger partial charge in [-0.15, -0.1) is 0 Å². The second-order valence-corrected chi connectivity index (χ2v) is 8.39. The summed E-state index contributed by atoms with van der Waals surface area (Å²) in [5, 5.41) is 0. The van der Waals surface area contributed by atoms with Crippen LogP contribution in [0.4, 0.5) is 11.5 Å². The number of amides is 1. The predicted octanol–water partition coefficient (Wildman–Crippen LogP) is 3.49. The molecule has 2 aromatic carbocycles. The third kappa shape index (κ3) is 4.37. The maximum absolute atomic E-state index is 13.1. The van der Waals surface area contributed by atoms with Gasteiger partial charge < -0.3 is 10.6 Å². The first kappa shape index (κ1) is 21.6. The fourth-order valence-electron chi connectivity index (χ4n) is 4.45. The van der Waals surface area contributed by atoms with Crippen molar-refractivity contribution < 1.29 is 4.79 Å². The number of benzene rings is 2. The summed E-state index contributed by atoms with van der Waals surface area (Å²) in [7, 11) is 1.50. The normalized spacial score (nSPS) is 14.3. The molecule has 1 amide bonds. The number of H-pyrrole nitrogens is 1. The number of nitrogens with zero attached hydrogens (tertiary/aromatic N) is 2. The second-order valence-electron chi connectivity index (χ2n) is 8.39. The molecule has 0 atom stereocenters. The van der Waals surface area contributed by atoms with Gasteiger partial charge in [0.1, 0.15) is 5.82 Å². The van der Waals surface area contributed by atoms with Crippen LogP contribution in [-0.4, -0.2) is 22.5 Å². The standard InChI is InChI=1S/C25H28N4O3/c1-28(24(31)20-14-12-19(13-15-20)18-10-6-3-7-11-18)21-22(26)29(25(32)27-23(21)30)16-17-8-4-2-5-9-17/h2,4-5,8-9,12-15,18H,3,6-7,10-11,16,26H2,1H3,(H,27,30,32). The van der Waals surface area contributed by atoms with E-state index < -0.39 is 11.2 Å². The van der Waals surface area contributed by atoms with Crippen molar-refractivity contribution >= 4 is 17.4 Å². The first-order valence-corrected chi connectivity index (χ1v) is 11.0. The lowest BCUT2D eigenvalue weighted by Crippen LogP contribution is -2.39. The molecule has 7 heteroatoms. The molecule has 1 aromatic heterocycles. The molecule has 0 aliphatic heterocycles. The first-order valence-electron chi connectivity index (χ1n) is 11.0. The zero-order chi connectivity index (χ0) is 22.7. The minimum absolute atomic E-state index is 0.0399. The Kier molecular flexibility index (Phi) is 6.25. The van der Waals surface area contributed by atoms with Crippen LogP contribution in [0.3, 0.4) is 0 Å². The van der Waals surface area contributed by atoms with Crippen molar-refractivity contribution in [3.05, 3.63) is 92.1 Å². The fraction of sp³-hybridized carbons (Fsp3) is 0.320. The maximum Gasteiger partial charge on any atom is 0.330 e. The summed E-state index contributed by atoms with van der Waals surface area (Å²) in [6.45, 7) is 0.188. The van der Waals surface area contributed by atoms with Crippen molar-refractivity contribution in [1.82, 2.24) is 9.55 Å². The number of anilines is 2. The van der Waals surface area contributed by atoms with E-state index in [0.29, 0.717) is 11.5 Å². The molecular weight excluding hydrogens is 404 g/mol. The quantitative estimate of drug-likeness (QED) is 0.644. The lowest BCUT2D eigenvalue weighted by Gasteiger charge is -2.23. The number of nitrogen functional groups attached to an aromatic ring is 1. The summed E-state index contributed by atoms with van der Waals surface area (Å²) in [5.74, 6) is 0.144. The summed E-state index contributed by atoms with van der Waals surface area (Å²) >= 11 is 0. The van der Waals surface area contributed by atoms with Crippen molar-refractivity contribution in [2.24, 2.45) is 0 Å². The van der Waals surface area contributed by atoms with Crippen LogP contribution in [0.2, 0.25) is 0 Å². The monoisotopic (exact) mass is 432 g/mol. The smallest absolute Gasteiger partial charge is 0.330 e. The van der Waals surface area contributed by atoms with E-state index in [-0.39, 0.29) is 24.0 Å². The van der Waals surface area contributed by atoms with E-state index in [9.17, 15) is 14.4 Å². The highest BCUT2D eigenvalue weighted by molar-refractivity contribution is 6.06. The SMILES string of the molecule is CN(C(=O)c1ccc(C2CCCCC2)cc1)c1c(N)n(Cc2ccccc2)c(=O)[nH]c1=O. The average molecular weight is 433 g/mol. The van der Waals surface area contributed by atoms with Gasteiger partial charge in [-0.1, -0.05) is 61.7 Å². The van der Waals surface area contributed by atoms with Gasteiger partial charge in [0.15, 0.2) is 5.69 Å². The van der Waals surface area contributed by atoms with Crippen molar-refractivity contribution in [2.75, 3.05) is 17.7 Å². The summed E-state index contributed by atoms with van der Waals surface area (Å²) in [6.07, 6.45) is 6.15. The molecule has 1 saturated carbocycles. The van der Waals surface area contributed by atoms with E-state index in [2.05, 4.69) is 4.98 Å². The van der Waals surface area contributed by atoms with E-state index >= 15 is 0 Å². The van der Waals surface area contributed by atoms with Gasteiger partial charge in [0, 0.05) is 12.6 Å². The van der Waals surface area contributed by atoms with Crippen LogP contribution < -0.4 is 21.9 Å². The molecule has 1 fully saturated rings. The molecule has 32 heavy (non-hydrogen) atoms. The van der Waals surface area contributed by atoms with Crippen LogP contribution in [0.1, 0.15) is 59.5 Å². The fourth-order valence-corrected chi connectivity index (χ4v) is 4.45. The first-order chi connectivity index (χ1) is 15.5. The third-order valence-corrected chi connectivity index (χ3v) is 6.27. The largest absolute Gasteiger partial charge is 0.383 e. The Morgan fingerprint density at radius 2 is 1.69 bits per heavy atom. The predicted molar refractivity (Wildman–Crippen MR) is 126 cm³/mol. The van der Waals surface area contributed by atoms with Crippen molar-refractivity contribution in [3.63, 3.8) is 0 Å². The molecule has 1 heterocycles. The molecule has 1 aliphatic carbocycles. The van der Waals surface area contributed by atoms with E-state index in [1.807, 2.05) is 42.5 Å². The zero-order valence-electron chi connectivity index (χ0n) is 18.2. The molecule has 0 radical (unpaired) electrons. The lowest BCUT2D eigenvalue weighted by atomic mass is 9.84. The van der Waals surface area contributed by atoms with Gasteiger partial charge in [0.2, 0.25) is 0 Å². The Hall–Kier alpha value is -3.61. The molecule has 1 aliphatic rings. The van der Waals surface area contributed by atoms with Crippen LogP contribution in [0, 0.1) is 0 Å². The molecule has 7 nitrogen and oxygen atoms in total. The molecule has 166 valence electrons. The van der Waals surface area contributed by atoms with Gasteiger partial charge in [0.25, 0.3) is 11.5 Å². The highest BCUT2D eigenvalue weighted by Gasteiger charge is 2.23. The second kappa shape index (κ2) is 9.26. The number of rotatable bonds is 5. The highest BCUT2D eigenvalue weighted by Crippen LogP contribution is 2.32. The molecule has 0 saturated heterocycles. The van der Waals surface area contributed by atoms with Gasteiger partial charge in [-0.05, 0) is 42.0 Å². The third-order valence-electron chi connectivity index (χ3n) is 6.27. The van der Waals surface area contributed by atoms with Crippen molar-refractivity contribution in [3.8, 4) is 0 Å². The molecule has 0 spiro atoms. The lowest BCUT2D eigenvalue weighted by molar-refractivity contribution is 0.0992. The van der Waals surface area contributed by atoms with Crippen LogP contribution in [-0.2, 0) is 6.54 Å². The summed E-state index contributed by atoms with van der Waals surface area (Å²) in [6, 6.07) is 16.9. The van der Waals surface area contributed by atoms with E-state index in [1.165, 1.54) is 54.2 Å². The average Bonchev–Trinajstić information content (AvgIpc) is 2.82. The van der Waals surface area contributed by atoms with Crippen LogP contribution >= 0.6 is 0 Å². The summed E-state index contributed by atoms with van der Waals surface area (Å²) < 4.78 is 1.27. The van der Waals surface area contributed by atoms with Gasteiger partial charge >= 0.3 is 5.69 Å². The van der Waals surface area contributed by atoms with Gasteiger partial charge in [-0.25, -0.2) is 4.79 Å². The number of nitrogens with two attached hydrogens (primary N) is 1. The zero-order valence-corrected chi connectivity index (χ0v) is 18.2. The van der Waals surface area contributed by atoms with Gasteiger partial charge in [-0.2, -0.15) is 0 Å². The Morgan fingerprint density at radius 3 is 2.34 bits per heavy atom.